The van der Waals surface area contributed by atoms with Crippen LogP contribution in [-0.4, -0.2) is 29.9 Å². The van der Waals surface area contributed by atoms with Gasteiger partial charge in [0.25, 0.3) is 0 Å². The Hall–Kier alpha value is -1.51. The Balaban J connectivity index is 2.11. The van der Waals surface area contributed by atoms with Crippen molar-refractivity contribution in [1.29, 1.82) is 0 Å². The summed E-state index contributed by atoms with van der Waals surface area (Å²) in [5.41, 5.74) is 2.13. The molecule has 2 rings (SSSR count). The summed E-state index contributed by atoms with van der Waals surface area (Å²) in [6.45, 7) is 0. The third kappa shape index (κ3) is 2.05. The first-order valence-electron chi connectivity index (χ1n) is 4.38. The minimum absolute atomic E-state index is 0.786. The average molecular weight is 180 g/mol. The SMILES string of the molecule is [B][B]n1cc(Cc2ccccc2)nn1. The highest BCUT2D eigenvalue weighted by Crippen LogP contribution is 2.05. The monoisotopic (exact) mass is 180 g/mol. The molecule has 0 N–H and O–H groups in total. The maximum absolute atomic E-state index is 5.29. The van der Waals surface area contributed by atoms with Crippen LogP contribution in [0, 0.1) is 0 Å². The maximum Gasteiger partial charge on any atom is 0.221 e. The molecule has 3 nitrogen and oxygen atoms in total. The van der Waals surface area contributed by atoms with Crippen LogP contribution in [0.3, 0.4) is 0 Å². The van der Waals surface area contributed by atoms with Crippen LogP contribution < -0.4 is 0 Å². The number of benzene rings is 1. The molecule has 14 heavy (non-hydrogen) atoms. The van der Waals surface area contributed by atoms with Crippen LogP contribution in [-0.2, 0) is 6.42 Å². The largest absolute Gasteiger partial charge is 0.315 e. The van der Waals surface area contributed by atoms with E-state index in [2.05, 4.69) is 22.4 Å². The molecule has 1 aromatic carbocycles. The van der Waals surface area contributed by atoms with E-state index in [0.717, 1.165) is 12.1 Å². The first-order chi connectivity index (χ1) is 6.88. The molecule has 0 bridgehead atoms. The number of hydrogen-bond donors (Lipinski definition) is 0. The van der Waals surface area contributed by atoms with Crippen molar-refractivity contribution in [3.05, 3.63) is 47.8 Å². The molecule has 0 saturated carbocycles. The molecule has 0 spiro atoms. The zero-order valence-corrected chi connectivity index (χ0v) is 7.67. The van der Waals surface area contributed by atoms with E-state index < -0.39 is 0 Å². The van der Waals surface area contributed by atoms with Crippen LogP contribution in [0.1, 0.15) is 11.3 Å². The van der Waals surface area contributed by atoms with E-state index in [0.29, 0.717) is 0 Å². The number of hydrogen-bond acceptors (Lipinski definition) is 2. The van der Waals surface area contributed by atoms with Gasteiger partial charge in [0.05, 0.1) is 5.69 Å². The molecule has 0 aliphatic rings. The van der Waals surface area contributed by atoms with Gasteiger partial charge >= 0.3 is 0 Å². The van der Waals surface area contributed by atoms with Gasteiger partial charge in [0.15, 0.2) is 0 Å². The minimum atomic E-state index is 0.786. The van der Waals surface area contributed by atoms with Gasteiger partial charge in [-0.05, 0) is 5.56 Å². The van der Waals surface area contributed by atoms with Crippen molar-refractivity contribution in [3.63, 3.8) is 0 Å². The average Bonchev–Trinajstić information content (AvgIpc) is 2.67. The van der Waals surface area contributed by atoms with Gasteiger partial charge in [0.1, 0.15) is 0 Å². The van der Waals surface area contributed by atoms with Gasteiger partial charge in [0, 0.05) is 20.4 Å². The van der Waals surface area contributed by atoms with Gasteiger partial charge in [-0.3, -0.25) is 0 Å². The molecule has 0 unspecified atom stereocenters. The predicted octanol–water partition coefficient (Wildman–Crippen LogP) is 0.420. The van der Waals surface area contributed by atoms with Crippen molar-refractivity contribution in [3.8, 4) is 0 Å². The molecular formula is C9H8B2N3. The van der Waals surface area contributed by atoms with Crippen LogP contribution in [0.15, 0.2) is 36.5 Å². The fourth-order valence-electron chi connectivity index (χ4n) is 1.27. The van der Waals surface area contributed by atoms with Gasteiger partial charge in [-0.25, -0.2) is 0 Å². The third-order valence-corrected chi connectivity index (χ3v) is 1.94. The van der Waals surface area contributed by atoms with Crippen LogP contribution in [0.5, 0.6) is 0 Å². The second-order valence-corrected chi connectivity index (χ2v) is 3.00. The molecule has 0 atom stereocenters. The summed E-state index contributed by atoms with van der Waals surface area (Å²) in [5.74, 6) is 0. The van der Waals surface area contributed by atoms with E-state index in [1.54, 1.807) is 0 Å². The molecule has 0 amide bonds. The summed E-state index contributed by atoms with van der Waals surface area (Å²) in [5, 5.41) is 7.80. The van der Waals surface area contributed by atoms with E-state index in [9.17, 15) is 0 Å². The molecule has 65 valence electrons. The Kier molecular flexibility index (Phi) is 2.68. The molecule has 3 radical (unpaired) electrons. The normalized spacial score (nSPS) is 10.0. The predicted molar refractivity (Wildman–Crippen MR) is 56.2 cm³/mol. The van der Waals surface area contributed by atoms with E-state index in [1.165, 1.54) is 17.5 Å². The van der Waals surface area contributed by atoms with E-state index in [1.807, 2.05) is 24.4 Å². The Bertz CT molecular complexity index is 399. The fourth-order valence-corrected chi connectivity index (χ4v) is 1.27. The third-order valence-electron chi connectivity index (χ3n) is 1.94. The number of rotatable bonds is 3. The Morgan fingerprint density at radius 1 is 1.29 bits per heavy atom. The lowest BCUT2D eigenvalue weighted by molar-refractivity contribution is 0.863. The quantitative estimate of drug-likeness (QED) is 0.640. The zero-order valence-electron chi connectivity index (χ0n) is 7.67. The Morgan fingerprint density at radius 2 is 2.07 bits per heavy atom. The molecule has 2 aromatic rings. The van der Waals surface area contributed by atoms with E-state index >= 15 is 0 Å². The summed E-state index contributed by atoms with van der Waals surface area (Å²) in [6, 6.07) is 10.1. The van der Waals surface area contributed by atoms with E-state index in [-0.39, 0.29) is 0 Å². The number of nitrogens with zero attached hydrogens (tertiary/aromatic N) is 3. The highest BCUT2D eigenvalue weighted by Gasteiger charge is 2.00. The maximum atomic E-state index is 5.29. The van der Waals surface area contributed by atoms with Crippen molar-refractivity contribution in [1.82, 2.24) is 14.9 Å². The van der Waals surface area contributed by atoms with Gasteiger partial charge in [-0.2, -0.15) is 0 Å². The van der Waals surface area contributed by atoms with Crippen LogP contribution in [0.25, 0.3) is 0 Å². The Morgan fingerprint density at radius 3 is 2.71 bits per heavy atom. The summed E-state index contributed by atoms with van der Waals surface area (Å²) in [4.78, 5) is 0. The minimum Gasteiger partial charge on any atom is -0.315 e. The lowest BCUT2D eigenvalue weighted by Gasteiger charge is -1.95. The molecule has 0 saturated heterocycles. The number of aromatic nitrogens is 3. The van der Waals surface area contributed by atoms with E-state index in [4.69, 9.17) is 7.74 Å². The molecule has 0 aliphatic heterocycles. The molecule has 0 fully saturated rings. The Labute approximate surface area is 84.8 Å². The van der Waals surface area contributed by atoms with Gasteiger partial charge in [0.2, 0.25) is 7.31 Å². The van der Waals surface area contributed by atoms with Gasteiger partial charge < -0.3 is 4.59 Å². The van der Waals surface area contributed by atoms with Crippen molar-refractivity contribution in [2.24, 2.45) is 0 Å². The molecule has 0 aliphatic carbocycles. The first-order valence-corrected chi connectivity index (χ1v) is 4.38. The summed E-state index contributed by atoms with van der Waals surface area (Å²) < 4.78 is 1.50. The molecule has 5 heteroatoms. The summed E-state index contributed by atoms with van der Waals surface area (Å²) >= 11 is 0. The summed E-state index contributed by atoms with van der Waals surface area (Å²) in [7, 11) is 6.67. The van der Waals surface area contributed by atoms with Crippen LogP contribution >= 0.6 is 0 Å². The van der Waals surface area contributed by atoms with Gasteiger partial charge in [-0.15, -0.1) is 5.10 Å². The first kappa shape index (κ1) is 9.06. The highest BCUT2D eigenvalue weighted by molar-refractivity contribution is 6.88. The standard InChI is InChI=1S/C9H8B2N3/c10-11-14-7-9(12-13-14)6-8-4-2-1-3-5-8/h1-5,7H,6H2. The highest BCUT2D eigenvalue weighted by atomic mass is 15.4. The van der Waals surface area contributed by atoms with Crippen molar-refractivity contribution >= 4 is 15.0 Å². The molecule has 1 aromatic heterocycles. The van der Waals surface area contributed by atoms with Crippen LogP contribution in [0.4, 0.5) is 0 Å². The van der Waals surface area contributed by atoms with Gasteiger partial charge in [-0.1, -0.05) is 35.5 Å². The molecule has 1 heterocycles. The lowest BCUT2D eigenvalue weighted by atomic mass is 9.67. The summed E-state index contributed by atoms with van der Waals surface area (Å²) in [6.07, 6.45) is 2.60. The smallest absolute Gasteiger partial charge is 0.221 e. The fraction of sp³-hybridized carbons (Fsp3) is 0.111. The molecular weight excluding hydrogens is 172 g/mol. The zero-order chi connectivity index (χ0) is 9.80. The van der Waals surface area contributed by atoms with Crippen molar-refractivity contribution < 1.29 is 0 Å². The second kappa shape index (κ2) is 4.13. The van der Waals surface area contributed by atoms with Crippen LogP contribution in [0.2, 0.25) is 0 Å². The second-order valence-electron chi connectivity index (χ2n) is 3.00. The van der Waals surface area contributed by atoms with Crippen molar-refractivity contribution in [2.75, 3.05) is 0 Å². The topological polar surface area (TPSA) is 30.7 Å². The van der Waals surface area contributed by atoms with Crippen molar-refractivity contribution in [2.45, 2.75) is 6.42 Å². The lowest BCUT2D eigenvalue weighted by Crippen LogP contribution is -2.05.